The highest BCUT2D eigenvalue weighted by Gasteiger charge is 2.33. The molecule has 3 aromatic rings. The fourth-order valence-electron chi connectivity index (χ4n) is 4.83. The molecule has 2 saturated heterocycles. The standard InChI is InChI=1S/C23H26F2N6O2/c1-13-11-31-19(27-22(13)29-9-7-14(26)12-29)10-17(28-31)18-4-2-3-8-30(18)23(33)15-5-6-16(24)20(25)21(15)32/h5-6,10-11,14,18,32H,2-4,7-9,12,26H2,1H3/t14-,18-/m0/s1. The molecule has 0 radical (unpaired) electrons. The first-order chi connectivity index (χ1) is 15.8. The smallest absolute Gasteiger partial charge is 0.258 e. The van der Waals surface area contributed by atoms with E-state index < -0.39 is 23.3 Å². The van der Waals surface area contributed by atoms with E-state index >= 15 is 0 Å². The summed E-state index contributed by atoms with van der Waals surface area (Å²) in [4.78, 5) is 21.8. The molecule has 0 spiro atoms. The Morgan fingerprint density at radius 3 is 2.79 bits per heavy atom. The Labute approximate surface area is 189 Å². The highest BCUT2D eigenvalue weighted by atomic mass is 19.2. The average molecular weight is 456 g/mol. The molecule has 0 aliphatic carbocycles. The molecule has 4 heterocycles. The fourth-order valence-corrected chi connectivity index (χ4v) is 4.83. The lowest BCUT2D eigenvalue weighted by Gasteiger charge is -2.35. The summed E-state index contributed by atoms with van der Waals surface area (Å²) in [7, 11) is 0. The minimum absolute atomic E-state index is 0.137. The van der Waals surface area contributed by atoms with Crippen LogP contribution in [0.25, 0.3) is 5.65 Å². The number of hydrogen-bond acceptors (Lipinski definition) is 6. The summed E-state index contributed by atoms with van der Waals surface area (Å²) in [5.74, 6) is -3.26. The Balaban J connectivity index is 1.48. The quantitative estimate of drug-likeness (QED) is 0.629. The Morgan fingerprint density at radius 1 is 1.21 bits per heavy atom. The van der Waals surface area contributed by atoms with Gasteiger partial charge in [0.15, 0.2) is 17.2 Å². The van der Waals surface area contributed by atoms with Gasteiger partial charge < -0.3 is 20.6 Å². The zero-order valence-corrected chi connectivity index (χ0v) is 18.3. The van der Waals surface area contributed by atoms with Crippen LogP contribution in [0, 0.1) is 18.6 Å². The van der Waals surface area contributed by atoms with Crippen LogP contribution < -0.4 is 10.6 Å². The molecule has 2 fully saturated rings. The maximum Gasteiger partial charge on any atom is 0.258 e. The fraction of sp³-hybridized carbons (Fsp3) is 0.435. The number of halogens is 2. The first-order valence-electron chi connectivity index (χ1n) is 11.2. The number of phenolic OH excluding ortho intramolecular Hbond substituents is 1. The zero-order chi connectivity index (χ0) is 23.3. The number of fused-ring (bicyclic) bond motifs is 1. The topological polar surface area (TPSA) is 100.0 Å². The number of aryl methyl sites for hydroxylation is 1. The van der Waals surface area contributed by atoms with E-state index in [-0.39, 0.29) is 17.6 Å². The van der Waals surface area contributed by atoms with Crippen LogP contribution in [-0.2, 0) is 0 Å². The molecule has 2 atom stereocenters. The number of aromatic nitrogens is 3. The van der Waals surface area contributed by atoms with Gasteiger partial charge in [0.05, 0.1) is 17.3 Å². The van der Waals surface area contributed by atoms with Crippen molar-refractivity contribution in [1.82, 2.24) is 19.5 Å². The largest absolute Gasteiger partial charge is 0.504 e. The number of carbonyl (C=O) groups is 1. The highest BCUT2D eigenvalue weighted by molar-refractivity contribution is 5.97. The number of amides is 1. The van der Waals surface area contributed by atoms with Crippen molar-refractivity contribution in [3.05, 3.63) is 52.9 Å². The van der Waals surface area contributed by atoms with Gasteiger partial charge in [-0.1, -0.05) is 0 Å². The van der Waals surface area contributed by atoms with Crippen molar-refractivity contribution < 1.29 is 18.7 Å². The molecule has 2 aromatic heterocycles. The Bertz CT molecular complexity index is 1230. The second-order valence-electron chi connectivity index (χ2n) is 8.88. The monoisotopic (exact) mass is 456 g/mol. The van der Waals surface area contributed by atoms with Crippen molar-refractivity contribution in [2.45, 2.75) is 44.7 Å². The molecule has 0 saturated carbocycles. The third-order valence-electron chi connectivity index (χ3n) is 6.55. The van der Waals surface area contributed by atoms with Crippen molar-refractivity contribution in [3.8, 4) is 5.75 Å². The molecule has 1 amide bonds. The minimum Gasteiger partial charge on any atom is -0.504 e. The number of rotatable bonds is 3. The van der Waals surface area contributed by atoms with Gasteiger partial charge in [0, 0.05) is 43.5 Å². The van der Waals surface area contributed by atoms with E-state index in [0.29, 0.717) is 24.3 Å². The molecule has 0 bridgehead atoms. The van der Waals surface area contributed by atoms with Gasteiger partial charge in [-0.25, -0.2) is 13.9 Å². The number of hydrogen-bond donors (Lipinski definition) is 2. The first-order valence-corrected chi connectivity index (χ1v) is 11.2. The van der Waals surface area contributed by atoms with E-state index in [1.165, 1.54) is 0 Å². The van der Waals surface area contributed by atoms with Crippen LogP contribution in [0.15, 0.2) is 24.4 Å². The predicted octanol–water partition coefficient (Wildman–Crippen LogP) is 2.93. The van der Waals surface area contributed by atoms with Crippen LogP contribution >= 0.6 is 0 Å². The van der Waals surface area contributed by atoms with E-state index in [2.05, 4.69) is 10.00 Å². The first kappa shape index (κ1) is 21.6. The molecule has 33 heavy (non-hydrogen) atoms. The summed E-state index contributed by atoms with van der Waals surface area (Å²) in [6.07, 6.45) is 5.19. The van der Waals surface area contributed by atoms with Crippen molar-refractivity contribution in [2.24, 2.45) is 5.73 Å². The third kappa shape index (κ3) is 3.78. The molecule has 10 heteroatoms. The van der Waals surface area contributed by atoms with E-state index in [1.54, 1.807) is 9.42 Å². The summed E-state index contributed by atoms with van der Waals surface area (Å²) in [5.41, 5.74) is 8.12. The Kier molecular flexibility index (Phi) is 5.40. The van der Waals surface area contributed by atoms with Crippen molar-refractivity contribution in [3.63, 3.8) is 0 Å². The molecular formula is C23H26F2N6O2. The van der Waals surface area contributed by atoms with Gasteiger partial charge in [0.1, 0.15) is 5.82 Å². The number of likely N-dealkylation sites (tertiary alicyclic amines) is 1. The minimum atomic E-state index is -1.42. The van der Waals surface area contributed by atoms with Gasteiger partial charge in [-0.3, -0.25) is 4.79 Å². The van der Waals surface area contributed by atoms with E-state index in [4.69, 9.17) is 10.7 Å². The Morgan fingerprint density at radius 2 is 2.03 bits per heavy atom. The summed E-state index contributed by atoms with van der Waals surface area (Å²) in [6.45, 7) is 4.02. The number of nitrogens with zero attached hydrogens (tertiary/aromatic N) is 5. The molecule has 2 aliphatic heterocycles. The van der Waals surface area contributed by atoms with Gasteiger partial charge in [-0.2, -0.15) is 9.49 Å². The molecule has 3 N–H and O–H groups in total. The lowest BCUT2D eigenvalue weighted by atomic mass is 9.98. The lowest BCUT2D eigenvalue weighted by Crippen LogP contribution is -2.38. The second-order valence-corrected chi connectivity index (χ2v) is 8.88. The normalized spacial score (nSPS) is 21.2. The molecule has 0 unspecified atom stereocenters. The van der Waals surface area contributed by atoms with Gasteiger partial charge in [0.25, 0.3) is 5.91 Å². The van der Waals surface area contributed by atoms with Gasteiger partial charge in [0.2, 0.25) is 5.82 Å². The maximum atomic E-state index is 13.9. The zero-order valence-electron chi connectivity index (χ0n) is 18.3. The maximum absolute atomic E-state index is 13.9. The lowest BCUT2D eigenvalue weighted by molar-refractivity contribution is 0.0601. The molecule has 2 aliphatic rings. The van der Waals surface area contributed by atoms with Gasteiger partial charge >= 0.3 is 0 Å². The molecule has 1 aromatic carbocycles. The van der Waals surface area contributed by atoms with Crippen molar-refractivity contribution in [1.29, 1.82) is 0 Å². The predicted molar refractivity (Wildman–Crippen MR) is 118 cm³/mol. The highest BCUT2D eigenvalue weighted by Crippen LogP contribution is 2.34. The number of nitrogens with two attached hydrogens (primary N) is 1. The van der Waals surface area contributed by atoms with E-state index in [0.717, 1.165) is 55.9 Å². The number of phenols is 1. The summed E-state index contributed by atoms with van der Waals surface area (Å²) >= 11 is 0. The molecular weight excluding hydrogens is 430 g/mol. The van der Waals surface area contributed by atoms with E-state index in [9.17, 15) is 18.7 Å². The van der Waals surface area contributed by atoms with Gasteiger partial charge in [-0.15, -0.1) is 0 Å². The van der Waals surface area contributed by atoms with Crippen LogP contribution in [0.1, 0.15) is 53.3 Å². The number of benzene rings is 1. The number of aromatic hydroxyl groups is 1. The average Bonchev–Trinajstić information content (AvgIpc) is 3.42. The molecule has 5 rings (SSSR count). The number of piperidine rings is 1. The Hall–Kier alpha value is -3.27. The summed E-state index contributed by atoms with van der Waals surface area (Å²) in [6, 6.07) is 3.61. The number of carbonyl (C=O) groups excluding carboxylic acids is 1. The third-order valence-corrected chi connectivity index (χ3v) is 6.55. The van der Waals surface area contributed by atoms with Crippen molar-refractivity contribution >= 4 is 17.4 Å². The van der Waals surface area contributed by atoms with Crippen molar-refractivity contribution in [2.75, 3.05) is 24.5 Å². The summed E-state index contributed by atoms with van der Waals surface area (Å²) < 4.78 is 29.0. The SMILES string of the molecule is Cc1cn2nc([C@@H]3CCCCN3C(=O)c3ccc(F)c(F)c3O)cc2nc1N1CC[C@H](N)C1. The van der Waals surface area contributed by atoms with Crippen LogP contribution in [0.2, 0.25) is 0 Å². The van der Waals surface area contributed by atoms with Crippen LogP contribution in [0.4, 0.5) is 14.6 Å². The van der Waals surface area contributed by atoms with Crippen LogP contribution in [0.5, 0.6) is 5.75 Å². The second kappa shape index (κ2) is 8.26. The number of anilines is 1. The summed E-state index contributed by atoms with van der Waals surface area (Å²) in [5, 5.41) is 14.7. The molecule has 174 valence electrons. The van der Waals surface area contributed by atoms with Crippen LogP contribution in [-0.4, -0.2) is 56.2 Å². The van der Waals surface area contributed by atoms with E-state index in [1.807, 2.05) is 19.2 Å². The molecule has 8 nitrogen and oxygen atoms in total. The van der Waals surface area contributed by atoms with Crippen LogP contribution in [0.3, 0.4) is 0 Å². The van der Waals surface area contributed by atoms with Gasteiger partial charge in [-0.05, 0) is 44.7 Å².